The van der Waals surface area contributed by atoms with Crippen LogP contribution in [-0.2, 0) is 9.53 Å². The summed E-state index contributed by atoms with van der Waals surface area (Å²) in [7, 11) is 0. The summed E-state index contributed by atoms with van der Waals surface area (Å²) in [6, 6.07) is -0.742. The molecular weight excluding hydrogens is 393 g/mol. The highest BCUT2D eigenvalue weighted by molar-refractivity contribution is 6.22. The van der Waals surface area contributed by atoms with E-state index in [1.165, 1.54) is 18.5 Å². The van der Waals surface area contributed by atoms with Crippen LogP contribution >= 0.6 is 0 Å². The highest BCUT2D eigenvalue weighted by atomic mass is 19.4. The van der Waals surface area contributed by atoms with Crippen LogP contribution in [0.2, 0.25) is 0 Å². The SMILES string of the molecule is CC1(C)NC(=O)N(c2cnc(OC3=CCC4=COC(C(F)(F)F)C4=C3)nc2)C1=O. The van der Waals surface area contributed by atoms with Crippen molar-refractivity contribution in [3.63, 3.8) is 0 Å². The van der Waals surface area contributed by atoms with Gasteiger partial charge in [0.15, 0.2) is 0 Å². The number of rotatable bonds is 3. The number of fused-ring (bicyclic) bond motifs is 1. The molecule has 0 radical (unpaired) electrons. The summed E-state index contributed by atoms with van der Waals surface area (Å²) in [5.41, 5.74) is -0.493. The number of alkyl halides is 3. The molecule has 11 heteroatoms. The van der Waals surface area contributed by atoms with E-state index in [0.29, 0.717) is 5.57 Å². The number of hydrogen-bond acceptors (Lipinski definition) is 6. The van der Waals surface area contributed by atoms with Gasteiger partial charge in [0.25, 0.3) is 5.91 Å². The van der Waals surface area contributed by atoms with Gasteiger partial charge in [-0.2, -0.15) is 13.2 Å². The van der Waals surface area contributed by atoms with Gasteiger partial charge in [0, 0.05) is 5.57 Å². The van der Waals surface area contributed by atoms with Gasteiger partial charge >= 0.3 is 18.2 Å². The van der Waals surface area contributed by atoms with Gasteiger partial charge in [-0.15, -0.1) is 0 Å². The second-order valence-electron chi connectivity index (χ2n) is 7.13. The maximum Gasteiger partial charge on any atom is 0.429 e. The Morgan fingerprint density at radius 1 is 1.28 bits per heavy atom. The smallest absolute Gasteiger partial charge is 0.429 e. The standard InChI is InChI=1S/C18H15F3N4O4/c1-17(2)14(26)25(16(27)24-17)10-6-22-15(23-7-10)29-11-4-3-9-8-28-13(12(9)5-11)18(19,20)21/h4-8,13H,3H2,1-2H3,(H,24,27). The normalized spacial score (nSPS) is 23.0. The molecule has 1 aromatic rings. The lowest BCUT2D eigenvalue weighted by Crippen LogP contribution is -2.40. The van der Waals surface area contributed by atoms with E-state index in [2.05, 4.69) is 15.3 Å². The molecule has 0 spiro atoms. The Labute approximate surface area is 162 Å². The van der Waals surface area contributed by atoms with Crippen molar-refractivity contribution in [3.8, 4) is 6.01 Å². The van der Waals surface area contributed by atoms with Gasteiger partial charge in [-0.3, -0.25) is 4.79 Å². The topological polar surface area (TPSA) is 93.7 Å². The summed E-state index contributed by atoms with van der Waals surface area (Å²) in [6.07, 6.45) is -0.00380. The van der Waals surface area contributed by atoms with Gasteiger partial charge < -0.3 is 14.8 Å². The number of imide groups is 1. The molecule has 2 aliphatic heterocycles. The maximum atomic E-state index is 13.0. The summed E-state index contributed by atoms with van der Waals surface area (Å²) >= 11 is 0. The summed E-state index contributed by atoms with van der Waals surface area (Å²) in [5.74, 6) is -0.320. The predicted molar refractivity (Wildman–Crippen MR) is 92.6 cm³/mol. The van der Waals surface area contributed by atoms with E-state index in [4.69, 9.17) is 9.47 Å². The number of nitrogens with zero attached hydrogens (tertiary/aromatic N) is 3. The van der Waals surface area contributed by atoms with Crippen LogP contribution in [0.25, 0.3) is 0 Å². The number of amides is 3. The predicted octanol–water partition coefficient (Wildman–Crippen LogP) is 2.75. The number of nitrogens with one attached hydrogen (secondary N) is 1. The fourth-order valence-corrected chi connectivity index (χ4v) is 3.11. The number of carbonyl (C=O) groups excluding carboxylic acids is 2. The van der Waals surface area contributed by atoms with Gasteiger partial charge in [0.05, 0.1) is 24.3 Å². The first kappa shape index (κ1) is 19.0. The zero-order valence-corrected chi connectivity index (χ0v) is 15.3. The Kier molecular flexibility index (Phi) is 4.14. The van der Waals surface area contributed by atoms with Crippen molar-refractivity contribution in [1.82, 2.24) is 15.3 Å². The van der Waals surface area contributed by atoms with E-state index in [1.807, 2.05) is 0 Å². The van der Waals surface area contributed by atoms with Crippen molar-refractivity contribution in [2.24, 2.45) is 0 Å². The quantitative estimate of drug-likeness (QED) is 0.773. The van der Waals surface area contributed by atoms with Crippen LogP contribution in [-0.4, -0.2) is 39.7 Å². The molecule has 4 rings (SSSR count). The molecule has 1 aromatic heterocycles. The molecule has 1 fully saturated rings. The van der Waals surface area contributed by atoms with Crippen LogP contribution in [0.15, 0.2) is 47.7 Å². The highest BCUT2D eigenvalue weighted by Gasteiger charge is 2.48. The van der Waals surface area contributed by atoms with E-state index in [-0.39, 0.29) is 29.5 Å². The van der Waals surface area contributed by atoms with Gasteiger partial charge in [0.1, 0.15) is 11.3 Å². The van der Waals surface area contributed by atoms with Gasteiger partial charge in [-0.1, -0.05) is 0 Å². The third-order valence-corrected chi connectivity index (χ3v) is 4.56. The molecular formula is C18H15F3N4O4. The number of aromatic nitrogens is 2. The van der Waals surface area contributed by atoms with Crippen LogP contribution in [0.4, 0.5) is 23.7 Å². The first-order chi connectivity index (χ1) is 13.6. The van der Waals surface area contributed by atoms with Crippen LogP contribution in [0.1, 0.15) is 20.3 Å². The Bertz CT molecular complexity index is 980. The lowest BCUT2D eigenvalue weighted by atomic mass is 9.95. The fourth-order valence-electron chi connectivity index (χ4n) is 3.11. The van der Waals surface area contributed by atoms with E-state index in [1.54, 1.807) is 19.9 Å². The van der Waals surface area contributed by atoms with Crippen molar-refractivity contribution in [1.29, 1.82) is 0 Å². The number of carbonyl (C=O) groups is 2. The van der Waals surface area contributed by atoms with E-state index in [9.17, 15) is 22.8 Å². The molecule has 1 atom stereocenters. The molecule has 1 aliphatic carbocycles. The molecule has 3 heterocycles. The highest BCUT2D eigenvalue weighted by Crippen LogP contribution is 2.40. The second kappa shape index (κ2) is 6.33. The molecule has 152 valence electrons. The van der Waals surface area contributed by atoms with Crippen LogP contribution < -0.4 is 15.0 Å². The van der Waals surface area contributed by atoms with Crippen molar-refractivity contribution < 1.29 is 32.2 Å². The molecule has 1 saturated heterocycles. The minimum atomic E-state index is -4.54. The van der Waals surface area contributed by atoms with E-state index >= 15 is 0 Å². The second-order valence-corrected chi connectivity index (χ2v) is 7.13. The zero-order valence-electron chi connectivity index (χ0n) is 15.3. The van der Waals surface area contributed by atoms with E-state index in [0.717, 1.165) is 11.2 Å². The summed E-state index contributed by atoms with van der Waals surface area (Å²) < 4.78 is 49.3. The third-order valence-electron chi connectivity index (χ3n) is 4.56. The Balaban J connectivity index is 1.50. The first-order valence-electron chi connectivity index (χ1n) is 8.56. The third kappa shape index (κ3) is 3.32. The summed E-state index contributed by atoms with van der Waals surface area (Å²) in [6.45, 7) is 3.14. The Morgan fingerprint density at radius 2 is 1.97 bits per heavy atom. The molecule has 0 bridgehead atoms. The Hall–Kier alpha value is -3.37. The van der Waals surface area contributed by atoms with Crippen LogP contribution in [0.3, 0.4) is 0 Å². The summed E-state index contributed by atoms with van der Waals surface area (Å²) in [4.78, 5) is 33.1. The maximum absolute atomic E-state index is 13.0. The summed E-state index contributed by atoms with van der Waals surface area (Å²) in [5, 5.41) is 2.53. The molecule has 29 heavy (non-hydrogen) atoms. The molecule has 3 amide bonds. The Morgan fingerprint density at radius 3 is 2.55 bits per heavy atom. The number of urea groups is 1. The van der Waals surface area contributed by atoms with Gasteiger partial charge in [-0.25, -0.2) is 19.7 Å². The number of ether oxygens (including phenoxy) is 2. The number of hydrogen-bond donors (Lipinski definition) is 1. The zero-order chi connectivity index (χ0) is 21.0. The molecule has 1 N–H and O–H groups in total. The van der Waals surface area contributed by atoms with Gasteiger partial charge in [-0.05, 0) is 38.0 Å². The van der Waals surface area contributed by atoms with E-state index < -0.39 is 29.8 Å². The largest absolute Gasteiger partial charge is 0.483 e. The van der Waals surface area contributed by atoms with Crippen molar-refractivity contribution >= 4 is 17.6 Å². The monoisotopic (exact) mass is 408 g/mol. The minimum absolute atomic E-state index is 0.0202. The molecule has 0 saturated carbocycles. The number of allylic oxidation sites excluding steroid dienone is 2. The lowest BCUT2D eigenvalue weighted by molar-refractivity contribution is -0.188. The first-order valence-corrected chi connectivity index (χ1v) is 8.56. The van der Waals surface area contributed by atoms with Crippen molar-refractivity contribution in [2.75, 3.05) is 4.90 Å². The average molecular weight is 408 g/mol. The average Bonchev–Trinajstić information content (AvgIpc) is 3.14. The molecule has 0 aromatic carbocycles. The van der Waals surface area contributed by atoms with Gasteiger partial charge in [0.2, 0.25) is 6.10 Å². The van der Waals surface area contributed by atoms with Crippen LogP contribution in [0, 0.1) is 0 Å². The fraction of sp³-hybridized carbons (Fsp3) is 0.333. The number of anilines is 1. The van der Waals surface area contributed by atoms with Crippen molar-refractivity contribution in [3.05, 3.63) is 47.7 Å². The number of halogens is 3. The van der Waals surface area contributed by atoms with Crippen LogP contribution in [0.5, 0.6) is 6.01 Å². The van der Waals surface area contributed by atoms with Crippen molar-refractivity contribution in [2.45, 2.75) is 38.1 Å². The lowest BCUT2D eigenvalue weighted by Gasteiger charge is -2.19. The molecule has 3 aliphatic rings. The molecule has 8 nitrogen and oxygen atoms in total. The minimum Gasteiger partial charge on any atom is -0.483 e. The molecule has 1 unspecified atom stereocenters.